The van der Waals surface area contributed by atoms with Gasteiger partial charge in [0.2, 0.25) is 10.0 Å². The van der Waals surface area contributed by atoms with Crippen molar-refractivity contribution in [3.05, 3.63) is 41.2 Å². The third-order valence-electron chi connectivity index (χ3n) is 5.51. The van der Waals surface area contributed by atoms with Crippen LogP contribution in [0, 0.1) is 0 Å². The maximum absolute atomic E-state index is 14.0. The summed E-state index contributed by atoms with van der Waals surface area (Å²) in [7, 11) is -4.05. The molecule has 0 spiro atoms. The topological polar surface area (TPSA) is 116 Å². The molecule has 1 saturated carbocycles. The van der Waals surface area contributed by atoms with E-state index < -0.39 is 33.4 Å². The summed E-state index contributed by atoms with van der Waals surface area (Å²) < 4.78 is 72.0. The number of nitrogens with one attached hydrogen (secondary N) is 1. The van der Waals surface area contributed by atoms with Crippen molar-refractivity contribution in [3.63, 3.8) is 0 Å². The molecule has 1 saturated heterocycles. The predicted octanol–water partition coefficient (Wildman–Crippen LogP) is 3.25. The third kappa shape index (κ3) is 4.97. The Bertz CT molecular complexity index is 1120. The van der Waals surface area contributed by atoms with Gasteiger partial charge in [0, 0.05) is 18.2 Å². The second kappa shape index (κ2) is 8.49. The SMILES string of the molecule is NS(=O)(=O)c1cccc(NC(=O)c2c(C(F)(F)F)c(C3CC3)nn2CC2CCCCO2)c1. The van der Waals surface area contributed by atoms with Gasteiger partial charge in [-0.05, 0) is 50.3 Å². The maximum Gasteiger partial charge on any atom is 0.420 e. The number of nitrogens with zero attached hydrogens (tertiary/aromatic N) is 2. The van der Waals surface area contributed by atoms with Gasteiger partial charge in [-0.2, -0.15) is 18.3 Å². The van der Waals surface area contributed by atoms with Crippen LogP contribution in [0.25, 0.3) is 0 Å². The highest BCUT2D eigenvalue weighted by atomic mass is 32.2. The quantitative estimate of drug-likeness (QED) is 0.670. The highest BCUT2D eigenvalue weighted by Crippen LogP contribution is 2.46. The predicted molar refractivity (Wildman–Crippen MR) is 109 cm³/mol. The van der Waals surface area contributed by atoms with Crippen molar-refractivity contribution in [2.75, 3.05) is 11.9 Å². The summed E-state index contributed by atoms with van der Waals surface area (Å²) in [6.45, 7) is 0.533. The first-order valence-corrected chi connectivity index (χ1v) is 11.8. The number of ether oxygens (including phenoxy) is 1. The van der Waals surface area contributed by atoms with Crippen LogP contribution in [-0.4, -0.2) is 36.8 Å². The Morgan fingerprint density at radius 2 is 2.00 bits per heavy atom. The first-order chi connectivity index (χ1) is 15.0. The number of alkyl halides is 3. The number of hydrogen-bond donors (Lipinski definition) is 2. The molecule has 12 heteroatoms. The average Bonchev–Trinajstić information content (AvgIpc) is 3.48. The molecule has 1 aliphatic heterocycles. The molecule has 1 aromatic carbocycles. The van der Waals surface area contributed by atoms with Crippen molar-refractivity contribution in [2.45, 2.75) is 61.7 Å². The Balaban J connectivity index is 1.72. The fourth-order valence-electron chi connectivity index (χ4n) is 3.85. The largest absolute Gasteiger partial charge is 0.420 e. The number of hydrogen-bond acceptors (Lipinski definition) is 5. The number of carbonyl (C=O) groups is 1. The van der Waals surface area contributed by atoms with Crippen molar-refractivity contribution in [3.8, 4) is 0 Å². The fourth-order valence-corrected chi connectivity index (χ4v) is 4.41. The van der Waals surface area contributed by atoms with Gasteiger partial charge in [-0.1, -0.05) is 6.07 Å². The van der Waals surface area contributed by atoms with Gasteiger partial charge < -0.3 is 10.1 Å². The molecule has 1 aliphatic carbocycles. The lowest BCUT2D eigenvalue weighted by Crippen LogP contribution is -2.29. The van der Waals surface area contributed by atoms with Crippen LogP contribution in [0.2, 0.25) is 0 Å². The molecule has 0 bridgehead atoms. The summed E-state index contributed by atoms with van der Waals surface area (Å²) in [5.74, 6) is -1.36. The van der Waals surface area contributed by atoms with Gasteiger partial charge in [-0.3, -0.25) is 9.48 Å². The second-order valence-electron chi connectivity index (χ2n) is 8.08. The van der Waals surface area contributed by atoms with E-state index in [1.165, 1.54) is 18.2 Å². The van der Waals surface area contributed by atoms with Crippen LogP contribution < -0.4 is 10.5 Å². The molecule has 2 heterocycles. The number of carbonyl (C=O) groups excluding carboxylic acids is 1. The minimum atomic E-state index is -4.78. The smallest absolute Gasteiger partial charge is 0.376 e. The first-order valence-electron chi connectivity index (χ1n) is 10.3. The van der Waals surface area contributed by atoms with Crippen LogP contribution in [0.1, 0.15) is 59.8 Å². The number of aromatic nitrogens is 2. The van der Waals surface area contributed by atoms with E-state index in [4.69, 9.17) is 9.88 Å². The van der Waals surface area contributed by atoms with Gasteiger partial charge >= 0.3 is 6.18 Å². The molecule has 3 N–H and O–H groups in total. The van der Waals surface area contributed by atoms with Gasteiger partial charge in [0.15, 0.2) is 0 Å². The van der Waals surface area contributed by atoms with Crippen molar-refractivity contribution >= 4 is 21.6 Å². The summed E-state index contributed by atoms with van der Waals surface area (Å²) >= 11 is 0. The summed E-state index contributed by atoms with van der Waals surface area (Å²) in [6, 6.07) is 5.02. The number of primary sulfonamides is 1. The Hall–Kier alpha value is -2.44. The molecule has 1 unspecified atom stereocenters. The molecule has 4 rings (SSSR count). The van der Waals surface area contributed by atoms with Crippen LogP contribution in [0.15, 0.2) is 29.2 Å². The normalized spacial score (nSPS) is 19.7. The number of amides is 1. The number of nitrogens with two attached hydrogens (primary N) is 1. The highest BCUT2D eigenvalue weighted by Gasteiger charge is 2.46. The van der Waals surface area contributed by atoms with Gasteiger partial charge in [-0.15, -0.1) is 0 Å². The number of benzene rings is 1. The molecule has 1 atom stereocenters. The monoisotopic (exact) mass is 472 g/mol. The minimum Gasteiger partial charge on any atom is -0.376 e. The molecule has 2 aromatic rings. The minimum absolute atomic E-state index is 0.00397. The fraction of sp³-hybridized carbons (Fsp3) is 0.500. The Morgan fingerprint density at radius 1 is 1.25 bits per heavy atom. The number of sulfonamides is 1. The van der Waals surface area contributed by atoms with Crippen molar-refractivity contribution in [1.29, 1.82) is 0 Å². The number of halogens is 3. The van der Waals surface area contributed by atoms with E-state index in [-0.39, 0.29) is 34.8 Å². The molecule has 1 aromatic heterocycles. The van der Waals surface area contributed by atoms with Gasteiger partial charge in [0.05, 0.1) is 23.2 Å². The lowest BCUT2D eigenvalue weighted by molar-refractivity contribution is -0.138. The van der Waals surface area contributed by atoms with Crippen LogP contribution in [0.4, 0.5) is 18.9 Å². The standard InChI is InChI=1S/C20H23F3N4O4S/c21-20(22,23)16-17(12-7-8-12)26-27(11-14-5-1-2-9-31-14)18(16)19(28)25-13-4-3-6-15(10-13)32(24,29)30/h3-4,6,10,12,14H,1-2,5,7-9,11H2,(H,25,28)(H2,24,29,30). The maximum atomic E-state index is 14.0. The molecule has 0 radical (unpaired) electrons. The molecule has 32 heavy (non-hydrogen) atoms. The molecule has 2 aliphatic rings. The average molecular weight is 472 g/mol. The van der Waals surface area contributed by atoms with Crippen LogP contribution in [-0.2, 0) is 27.5 Å². The second-order valence-corrected chi connectivity index (χ2v) is 9.64. The van der Waals surface area contributed by atoms with E-state index in [2.05, 4.69) is 10.4 Å². The summed E-state index contributed by atoms with van der Waals surface area (Å²) in [5.41, 5.74) is -1.77. The molecular formula is C20H23F3N4O4S. The van der Waals surface area contributed by atoms with E-state index in [1.807, 2.05) is 0 Å². The van der Waals surface area contributed by atoms with E-state index in [0.29, 0.717) is 25.9 Å². The molecule has 174 valence electrons. The molecule has 1 amide bonds. The van der Waals surface area contributed by atoms with E-state index in [1.54, 1.807) is 0 Å². The Kier molecular flexibility index (Phi) is 6.03. The Labute approximate surface area is 183 Å². The zero-order valence-corrected chi connectivity index (χ0v) is 17.9. The number of rotatable bonds is 6. The lowest BCUT2D eigenvalue weighted by atomic mass is 10.1. The van der Waals surface area contributed by atoms with E-state index in [9.17, 15) is 26.4 Å². The van der Waals surface area contributed by atoms with Crippen LogP contribution in [0.5, 0.6) is 0 Å². The van der Waals surface area contributed by atoms with E-state index in [0.717, 1.165) is 23.6 Å². The van der Waals surface area contributed by atoms with Crippen molar-refractivity contribution in [2.24, 2.45) is 5.14 Å². The molecule has 2 fully saturated rings. The van der Waals surface area contributed by atoms with Crippen molar-refractivity contribution < 1.29 is 31.1 Å². The summed E-state index contributed by atoms with van der Waals surface area (Å²) in [5, 5.41) is 11.7. The summed E-state index contributed by atoms with van der Waals surface area (Å²) in [4.78, 5) is 12.8. The van der Waals surface area contributed by atoms with Crippen LogP contribution in [0.3, 0.4) is 0 Å². The molecule has 8 nitrogen and oxygen atoms in total. The Morgan fingerprint density at radius 3 is 2.59 bits per heavy atom. The van der Waals surface area contributed by atoms with Gasteiger partial charge in [-0.25, -0.2) is 13.6 Å². The van der Waals surface area contributed by atoms with Gasteiger partial charge in [0.25, 0.3) is 5.91 Å². The zero-order valence-electron chi connectivity index (χ0n) is 17.1. The lowest BCUT2D eigenvalue weighted by Gasteiger charge is -2.23. The van der Waals surface area contributed by atoms with E-state index >= 15 is 0 Å². The number of anilines is 1. The molecular weight excluding hydrogens is 449 g/mol. The van der Waals surface area contributed by atoms with Crippen LogP contribution >= 0.6 is 0 Å². The van der Waals surface area contributed by atoms with Crippen molar-refractivity contribution in [1.82, 2.24) is 9.78 Å². The zero-order chi connectivity index (χ0) is 23.1. The third-order valence-corrected chi connectivity index (χ3v) is 6.42. The first kappa shape index (κ1) is 22.7. The highest BCUT2D eigenvalue weighted by molar-refractivity contribution is 7.89. The summed E-state index contributed by atoms with van der Waals surface area (Å²) in [6.07, 6.45) is -1.53. The van der Waals surface area contributed by atoms with Gasteiger partial charge in [0.1, 0.15) is 11.3 Å².